The van der Waals surface area contributed by atoms with Crippen LogP contribution in [0.2, 0.25) is 0 Å². The van der Waals surface area contributed by atoms with Gasteiger partial charge in [-0.15, -0.1) is 0 Å². The van der Waals surface area contributed by atoms with Crippen molar-refractivity contribution in [3.05, 3.63) is 59.0 Å². The molecule has 2 aromatic carbocycles. The van der Waals surface area contributed by atoms with Gasteiger partial charge in [-0.25, -0.2) is 0 Å². The van der Waals surface area contributed by atoms with E-state index in [-0.39, 0.29) is 16.9 Å². The Hall–Kier alpha value is -2.75. The van der Waals surface area contributed by atoms with E-state index in [4.69, 9.17) is 13.3 Å². The van der Waals surface area contributed by atoms with Crippen molar-refractivity contribution in [1.29, 1.82) is 0 Å². The van der Waals surface area contributed by atoms with E-state index >= 15 is 0 Å². The summed E-state index contributed by atoms with van der Waals surface area (Å²) in [6.07, 6.45) is 1.31. The summed E-state index contributed by atoms with van der Waals surface area (Å²) in [6.45, 7) is 0. The van der Waals surface area contributed by atoms with E-state index in [1.807, 2.05) is 0 Å². The van der Waals surface area contributed by atoms with E-state index in [1.165, 1.54) is 36.6 Å². The first-order chi connectivity index (χ1) is 10.8. The maximum atomic E-state index is 12.5. The molecule has 1 aromatic heterocycles. The van der Waals surface area contributed by atoms with Crippen molar-refractivity contribution in [2.75, 3.05) is 7.04 Å². The molecule has 3 aromatic rings. The summed E-state index contributed by atoms with van der Waals surface area (Å²) in [5.74, 6) is 0.198. The Labute approximate surface area is 119 Å². The molecular weight excluding hydrogens is 256 g/mol. The van der Waals surface area contributed by atoms with Gasteiger partial charge in [0, 0.05) is 6.07 Å². The van der Waals surface area contributed by atoms with Crippen molar-refractivity contribution in [3.8, 4) is 22.6 Å². The highest BCUT2D eigenvalue weighted by molar-refractivity contribution is 5.82. The summed E-state index contributed by atoms with van der Waals surface area (Å²) in [5, 5.41) is 9.76. The Balaban J connectivity index is 2.02. The zero-order valence-corrected chi connectivity index (χ0v) is 10.3. The summed E-state index contributed by atoms with van der Waals surface area (Å²) in [6, 6.07) is 10.4. The average Bonchev–Trinajstić information content (AvgIpc) is 2.47. The largest absolute Gasteiger partial charge is 0.508 e. The number of benzene rings is 2. The first kappa shape index (κ1) is 9.20. The lowest BCUT2D eigenvalue weighted by Gasteiger charge is -2.04. The molecule has 0 spiro atoms. The Kier molecular flexibility index (Phi) is 2.18. The number of methoxy groups -OCH3 is 1. The third-order valence-electron chi connectivity index (χ3n) is 3.04. The fourth-order valence-electron chi connectivity index (χ4n) is 2.02. The number of fused-ring (bicyclic) bond motifs is 1. The maximum absolute atomic E-state index is 12.5. The predicted octanol–water partition coefficient (Wildman–Crippen LogP) is 3.17. The second-order valence-electron chi connectivity index (χ2n) is 4.29. The number of aromatic hydroxyl groups is 1. The minimum Gasteiger partial charge on any atom is -0.508 e. The number of phenolic OH excluding ortho intramolecular Hbond substituents is 1. The number of phenols is 1. The van der Waals surface area contributed by atoms with Crippen molar-refractivity contribution < 1.29 is 18.4 Å². The van der Waals surface area contributed by atoms with E-state index in [9.17, 15) is 9.90 Å². The van der Waals surface area contributed by atoms with Crippen LogP contribution in [0.15, 0.2) is 57.9 Å². The van der Waals surface area contributed by atoms with Gasteiger partial charge in [-0.1, -0.05) is 12.1 Å². The lowest BCUT2D eigenvalue weighted by molar-refractivity contribution is 0.415. The Morgan fingerprint density at radius 3 is 2.75 bits per heavy atom. The topological polar surface area (TPSA) is 59.7 Å². The standard InChI is InChI=1S/C16H12O4/c1-19-12-5-2-10(3-6-12)14-9-20-15-8-11(17)4-7-13(15)16(14)18/h2-9,17H,1H3/i1T3. The highest BCUT2D eigenvalue weighted by Crippen LogP contribution is 2.23. The molecule has 0 aliphatic heterocycles. The van der Waals surface area contributed by atoms with E-state index in [2.05, 4.69) is 0 Å². The predicted molar refractivity (Wildman–Crippen MR) is 76.1 cm³/mol. The van der Waals surface area contributed by atoms with Gasteiger partial charge < -0.3 is 14.3 Å². The summed E-state index contributed by atoms with van der Waals surface area (Å²) in [5.41, 5.74) is 0.965. The van der Waals surface area contributed by atoms with Crippen LogP contribution < -0.4 is 10.2 Å². The normalized spacial score (nSPS) is 13.5. The van der Waals surface area contributed by atoms with Gasteiger partial charge in [0.2, 0.25) is 0 Å². The molecule has 0 saturated carbocycles. The second-order valence-corrected chi connectivity index (χ2v) is 4.29. The van der Waals surface area contributed by atoms with Crippen LogP contribution in [0.3, 0.4) is 0 Å². The average molecular weight is 274 g/mol. The van der Waals surface area contributed by atoms with Crippen LogP contribution in [-0.2, 0) is 0 Å². The molecule has 20 heavy (non-hydrogen) atoms. The zero-order valence-electron chi connectivity index (χ0n) is 13.3. The molecule has 0 bridgehead atoms. The monoisotopic (exact) mass is 274 g/mol. The van der Waals surface area contributed by atoms with Crippen LogP contribution in [0, 0.1) is 0 Å². The molecule has 0 aliphatic rings. The van der Waals surface area contributed by atoms with E-state index in [0.29, 0.717) is 22.1 Å². The van der Waals surface area contributed by atoms with Crippen LogP contribution in [0.5, 0.6) is 11.5 Å². The third kappa shape index (κ3) is 2.01. The summed E-state index contributed by atoms with van der Waals surface area (Å²) < 4.78 is 31.3. The van der Waals surface area contributed by atoms with Crippen LogP contribution in [-0.4, -0.2) is 12.1 Å². The second kappa shape index (κ2) is 4.74. The van der Waals surface area contributed by atoms with Gasteiger partial charge in [0.05, 0.1) is 22.1 Å². The molecule has 0 aliphatic carbocycles. The number of hydrogen-bond acceptors (Lipinski definition) is 4. The number of hydrogen-bond donors (Lipinski definition) is 1. The lowest BCUT2D eigenvalue weighted by atomic mass is 10.1. The molecule has 1 heterocycles. The molecule has 0 unspecified atom stereocenters. The molecule has 3 rings (SSSR count). The molecule has 0 fully saturated rings. The Morgan fingerprint density at radius 2 is 2.00 bits per heavy atom. The van der Waals surface area contributed by atoms with Crippen LogP contribution in [0.4, 0.5) is 0 Å². The molecule has 0 atom stereocenters. The van der Waals surface area contributed by atoms with Gasteiger partial charge in [-0.2, -0.15) is 0 Å². The van der Waals surface area contributed by atoms with E-state index < -0.39 is 7.04 Å². The molecular formula is C16H12O4. The van der Waals surface area contributed by atoms with Crippen LogP contribution in [0.25, 0.3) is 22.1 Å². The van der Waals surface area contributed by atoms with Crippen LogP contribution >= 0.6 is 0 Å². The molecule has 4 nitrogen and oxygen atoms in total. The third-order valence-corrected chi connectivity index (χ3v) is 3.04. The molecule has 0 radical (unpaired) electrons. The quantitative estimate of drug-likeness (QED) is 0.779. The van der Waals surface area contributed by atoms with Crippen molar-refractivity contribution in [2.45, 2.75) is 0 Å². The molecule has 0 saturated heterocycles. The van der Waals surface area contributed by atoms with Gasteiger partial charge in [0.25, 0.3) is 0 Å². The minimum atomic E-state index is -2.52. The fraction of sp³-hybridized carbons (Fsp3) is 0.0625. The smallest absolute Gasteiger partial charge is 0.200 e. The van der Waals surface area contributed by atoms with Gasteiger partial charge in [-0.05, 0) is 29.8 Å². The Bertz CT molecular complexity index is 911. The maximum Gasteiger partial charge on any atom is 0.200 e. The van der Waals surface area contributed by atoms with Crippen molar-refractivity contribution >= 4 is 11.0 Å². The molecule has 1 N–H and O–H groups in total. The van der Waals surface area contributed by atoms with Crippen molar-refractivity contribution in [1.82, 2.24) is 0 Å². The zero-order chi connectivity index (χ0) is 16.6. The first-order valence-electron chi connectivity index (χ1n) is 7.37. The van der Waals surface area contributed by atoms with Crippen molar-refractivity contribution in [2.24, 2.45) is 0 Å². The molecule has 0 amide bonds. The molecule has 4 heteroatoms. The fourth-order valence-corrected chi connectivity index (χ4v) is 2.02. The summed E-state index contributed by atoms with van der Waals surface area (Å²) in [4.78, 5) is 12.5. The Morgan fingerprint density at radius 1 is 1.20 bits per heavy atom. The SMILES string of the molecule is [3H]C([3H])([3H])Oc1ccc(-c2coc3cc(O)ccc3c2=O)cc1. The van der Waals surface area contributed by atoms with E-state index in [1.54, 1.807) is 12.1 Å². The highest BCUT2D eigenvalue weighted by Gasteiger charge is 2.09. The van der Waals surface area contributed by atoms with Gasteiger partial charge in [0.1, 0.15) is 23.3 Å². The minimum absolute atomic E-state index is 0.0135. The lowest BCUT2D eigenvalue weighted by Crippen LogP contribution is -2.04. The summed E-state index contributed by atoms with van der Waals surface area (Å²) >= 11 is 0. The van der Waals surface area contributed by atoms with E-state index in [0.717, 1.165) is 0 Å². The van der Waals surface area contributed by atoms with Crippen molar-refractivity contribution in [3.63, 3.8) is 0 Å². The van der Waals surface area contributed by atoms with Gasteiger partial charge in [-0.3, -0.25) is 4.79 Å². The highest BCUT2D eigenvalue weighted by atomic mass is 16.5. The van der Waals surface area contributed by atoms with Gasteiger partial charge >= 0.3 is 0 Å². The summed E-state index contributed by atoms with van der Waals surface area (Å²) in [7, 11) is -2.52. The first-order valence-corrected chi connectivity index (χ1v) is 5.87. The number of ether oxygens (including phenoxy) is 1. The molecule has 100 valence electrons. The van der Waals surface area contributed by atoms with Gasteiger partial charge in [0.15, 0.2) is 5.43 Å². The van der Waals surface area contributed by atoms with Crippen LogP contribution in [0.1, 0.15) is 4.11 Å². The number of rotatable bonds is 2.